The molecule has 0 spiro atoms. The van der Waals surface area contributed by atoms with Crippen molar-refractivity contribution in [3.63, 3.8) is 0 Å². The number of unbranched alkanes of at least 4 members (excludes halogenated alkanes) is 1. The molecule has 3 heterocycles. The summed E-state index contributed by atoms with van der Waals surface area (Å²) in [7, 11) is 0. The average molecular weight is 459 g/mol. The summed E-state index contributed by atoms with van der Waals surface area (Å²) in [5.74, 6) is 0. The molecule has 0 radical (unpaired) electrons. The number of para-hydroxylation sites is 1. The van der Waals surface area contributed by atoms with Crippen LogP contribution < -0.4 is 5.32 Å². The number of rotatable bonds is 9. The van der Waals surface area contributed by atoms with Gasteiger partial charge in [0.25, 0.3) is 0 Å². The molecule has 0 saturated carbocycles. The first kappa shape index (κ1) is 22.4. The standard InChI is InChI=1S/C27H30N4O3/c1-20(30-34-16-5-4-13-31-14-18-32-19-15-31)21-8-10-22(11-9-21)28-26-23-6-2-3-7-25(23)29-27-24(26)12-17-33-27/h2-3,6-12,17H,4-5,13-16,18-19H2,1H3,(H,28,29). The molecule has 1 N–H and O–H groups in total. The van der Waals surface area contributed by atoms with Gasteiger partial charge in [0.2, 0.25) is 5.71 Å². The topological polar surface area (TPSA) is 72.1 Å². The van der Waals surface area contributed by atoms with Gasteiger partial charge >= 0.3 is 0 Å². The molecule has 2 aromatic carbocycles. The van der Waals surface area contributed by atoms with Gasteiger partial charge in [-0.15, -0.1) is 0 Å². The van der Waals surface area contributed by atoms with Gasteiger partial charge in [0.15, 0.2) is 0 Å². The maximum absolute atomic E-state index is 5.56. The zero-order valence-electron chi connectivity index (χ0n) is 19.5. The maximum Gasteiger partial charge on any atom is 0.228 e. The Hall–Kier alpha value is -3.42. The quantitative estimate of drug-likeness (QED) is 0.201. The van der Waals surface area contributed by atoms with Crippen molar-refractivity contribution in [1.29, 1.82) is 0 Å². The lowest BCUT2D eigenvalue weighted by Gasteiger charge is -2.26. The average Bonchev–Trinajstić information content (AvgIpc) is 3.35. The number of oxime groups is 1. The highest BCUT2D eigenvalue weighted by Crippen LogP contribution is 2.33. The van der Waals surface area contributed by atoms with Crippen molar-refractivity contribution >= 4 is 39.1 Å². The summed E-state index contributed by atoms with van der Waals surface area (Å²) in [6.45, 7) is 7.48. The normalized spacial score (nSPS) is 15.1. The summed E-state index contributed by atoms with van der Waals surface area (Å²) in [5.41, 5.74) is 5.41. The predicted molar refractivity (Wildman–Crippen MR) is 136 cm³/mol. The van der Waals surface area contributed by atoms with Crippen LogP contribution in [0.4, 0.5) is 11.4 Å². The van der Waals surface area contributed by atoms with Gasteiger partial charge in [-0.2, -0.15) is 0 Å². The minimum absolute atomic E-state index is 0.628. The number of benzene rings is 2. The van der Waals surface area contributed by atoms with Crippen molar-refractivity contribution in [3.05, 3.63) is 66.4 Å². The van der Waals surface area contributed by atoms with Crippen LogP contribution in [-0.4, -0.2) is 55.1 Å². The number of furan rings is 1. The molecule has 176 valence electrons. The fourth-order valence-corrected chi connectivity index (χ4v) is 4.21. The van der Waals surface area contributed by atoms with Crippen LogP contribution >= 0.6 is 0 Å². The number of anilines is 2. The summed E-state index contributed by atoms with van der Waals surface area (Å²) in [5, 5.41) is 9.88. The fourth-order valence-electron chi connectivity index (χ4n) is 4.21. The van der Waals surface area contributed by atoms with Crippen LogP contribution in [0.25, 0.3) is 22.0 Å². The first-order valence-electron chi connectivity index (χ1n) is 11.9. The molecule has 0 unspecified atom stereocenters. The zero-order chi connectivity index (χ0) is 23.2. The van der Waals surface area contributed by atoms with Crippen molar-refractivity contribution < 1.29 is 14.0 Å². The Balaban J connectivity index is 1.18. The molecule has 1 aliphatic heterocycles. The number of hydrogen-bond donors (Lipinski definition) is 1. The van der Waals surface area contributed by atoms with E-state index in [4.69, 9.17) is 14.0 Å². The summed E-state index contributed by atoms with van der Waals surface area (Å²) in [4.78, 5) is 12.6. The molecule has 0 bridgehead atoms. The number of fused-ring (bicyclic) bond motifs is 2. The Labute approximate surface area is 199 Å². The lowest BCUT2D eigenvalue weighted by Crippen LogP contribution is -2.36. The maximum atomic E-state index is 5.56. The molecule has 7 heteroatoms. The van der Waals surface area contributed by atoms with Gasteiger partial charge in [-0.3, -0.25) is 4.90 Å². The predicted octanol–water partition coefficient (Wildman–Crippen LogP) is 5.58. The summed E-state index contributed by atoms with van der Waals surface area (Å²) < 4.78 is 10.9. The van der Waals surface area contributed by atoms with Crippen molar-refractivity contribution in [3.8, 4) is 0 Å². The smallest absolute Gasteiger partial charge is 0.228 e. The van der Waals surface area contributed by atoms with E-state index in [1.807, 2.05) is 31.2 Å². The van der Waals surface area contributed by atoms with E-state index in [-0.39, 0.29) is 0 Å². The number of nitrogens with one attached hydrogen (secondary N) is 1. The van der Waals surface area contributed by atoms with Crippen LogP contribution in [-0.2, 0) is 9.57 Å². The third-order valence-electron chi connectivity index (χ3n) is 6.15. The van der Waals surface area contributed by atoms with E-state index >= 15 is 0 Å². The molecule has 34 heavy (non-hydrogen) atoms. The molecule has 0 aliphatic carbocycles. The van der Waals surface area contributed by atoms with Gasteiger partial charge < -0.3 is 19.3 Å². The van der Waals surface area contributed by atoms with Crippen molar-refractivity contribution in [2.24, 2.45) is 5.16 Å². The zero-order valence-corrected chi connectivity index (χ0v) is 19.5. The van der Waals surface area contributed by atoms with Crippen molar-refractivity contribution in [1.82, 2.24) is 9.88 Å². The van der Waals surface area contributed by atoms with E-state index in [1.165, 1.54) is 0 Å². The first-order chi connectivity index (χ1) is 16.8. The van der Waals surface area contributed by atoms with Crippen LogP contribution in [0.15, 0.2) is 70.4 Å². The molecule has 0 amide bonds. The second kappa shape index (κ2) is 10.7. The van der Waals surface area contributed by atoms with Crippen molar-refractivity contribution in [2.45, 2.75) is 19.8 Å². The van der Waals surface area contributed by atoms with Crippen molar-refractivity contribution in [2.75, 3.05) is 44.8 Å². The van der Waals surface area contributed by atoms with Gasteiger partial charge in [-0.25, -0.2) is 4.98 Å². The summed E-state index contributed by atoms with van der Waals surface area (Å²) in [6, 6.07) is 18.2. The lowest BCUT2D eigenvalue weighted by molar-refractivity contribution is 0.0358. The Kier molecular flexibility index (Phi) is 7.02. The number of ether oxygens (including phenoxy) is 1. The Morgan fingerprint density at radius 2 is 1.85 bits per heavy atom. The van der Waals surface area contributed by atoms with Gasteiger partial charge in [-0.1, -0.05) is 35.5 Å². The van der Waals surface area contributed by atoms with E-state index in [1.54, 1.807) is 6.26 Å². The molecule has 1 fully saturated rings. The van der Waals surface area contributed by atoms with Gasteiger partial charge in [0.1, 0.15) is 6.61 Å². The van der Waals surface area contributed by atoms with E-state index in [0.29, 0.717) is 12.3 Å². The van der Waals surface area contributed by atoms with Gasteiger partial charge in [0, 0.05) is 24.2 Å². The molecule has 4 aromatic rings. The Morgan fingerprint density at radius 1 is 1.03 bits per heavy atom. The third-order valence-corrected chi connectivity index (χ3v) is 6.15. The van der Waals surface area contributed by atoms with Crippen LogP contribution in [0.2, 0.25) is 0 Å². The molecule has 5 rings (SSSR count). The molecular weight excluding hydrogens is 428 g/mol. The highest BCUT2D eigenvalue weighted by molar-refractivity contribution is 6.07. The highest BCUT2D eigenvalue weighted by Gasteiger charge is 2.12. The largest absolute Gasteiger partial charge is 0.446 e. The highest BCUT2D eigenvalue weighted by atomic mass is 16.6. The first-order valence-corrected chi connectivity index (χ1v) is 11.9. The van der Waals surface area contributed by atoms with E-state index in [2.05, 4.69) is 50.7 Å². The minimum Gasteiger partial charge on any atom is -0.446 e. The Bertz CT molecular complexity index is 1260. The van der Waals surface area contributed by atoms with E-state index in [9.17, 15) is 0 Å². The van der Waals surface area contributed by atoms with Gasteiger partial charge in [-0.05, 0) is 56.1 Å². The number of aromatic nitrogens is 1. The number of hydrogen-bond acceptors (Lipinski definition) is 7. The van der Waals surface area contributed by atoms with Gasteiger partial charge in [0.05, 0.1) is 41.8 Å². The third kappa shape index (κ3) is 5.21. The fraction of sp³-hybridized carbons (Fsp3) is 0.333. The van der Waals surface area contributed by atoms with Crippen LogP contribution in [0.3, 0.4) is 0 Å². The summed E-state index contributed by atoms with van der Waals surface area (Å²) in [6.07, 6.45) is 3.79. The second-order valence-corrected chi connectivity index (χ2v) is 8.52. The second-order valence-electron chi connectivity index (χ2n) is 8.52. The lowest BCUT2D eigenvalue weighted by atomic mass is 10.1. The molecule has 7 nitrogen and oxygen atoms in total. The number of pyridine rings is 1. The Morgan fingerprint density at radius 3 is 2.71 bits per heavy atom. The molecule has 1 aliphatic rings. The molecular formula is C27H30N4O3. The molecule has 1 saturated heterocycles. The molecule has 0 atom stereocenters. The van der Waals surface area contributed by atoms with Crippen LogP contribution in [0, 0.1) is 0 Å². The minimum atomic E-state index is 0.628. The van der Waals surface area contributed by atoms with Crippen LogP contribution in [0.1, 0.15) is 25.3 Å². The molecule has 2 aromatic heterocycles. The number of nitrogens with zero attached hydrogens (tertiary/aromatic N) is 3. The van der Waals surface area contributed by atoms with E-state index in [0.717, 1.165) is 84.6 Å². The SMILES string of the molecule is CC(=NOCCCCN1CCOCC1)c1ccc(Nc2c3ccccc3nc3occc23)cc1. The summed E-state index contributed by atoms with van der Waals surface area (Å²) >= 11 is 0. The van der Waals surface area contributed by atoms with E-state index < -0.39 is 0 Å². The van der Waals surface area contributed by atoms with Crippen LogP contribution in [0.5, 0.6) is 0 Å². The monoisotopic (exact) mass is 458 g/mol. The number of morpholine rings is 1.